The van der Waals surface area contributed by atoms with Crippen molar-refractivity contribution in [3.05, 3.63) is 18.2 Å². The number of aryl methyl sites for hydroxylation is 1. The maximum absolute atomic E-state index is 6.06. The van der Waals surface area contributed by atoms with Gasteiger partial charge in [0.2, 0.25) is 0 Å². The Morgan fingerprint density at radius 1 is 1.42 bits per heavy atom. The highest BCUT2D eigenvalue weighted by atomic mass is 15.2. The van der Waals surface area contributed by atoms with Gasteiger partial charge in [-0.15, -0.1) is 0 Å². The monoisotopic (exact) mass is 264 g/mol. The normalized spacial score (nSPS) is 26.5. The van der Waals surface area contributed by atoms with E-state index in [1.807, 2.05) is 12.5 Å². The lowest BCUT2D eigenvalue weighted by molar-refractivity contribution is 0.0948. The highest BCUT2D eigenvalue weighted by Crippen LogP contribution is 2.29. The summed E-state index contributed by atoms with van der Waals surface area (Å²) in [6.07, 6.45) is 6.35. The molecule has 0 bridgehead atoms. The van der Waals surface area contributed by atoms with Gasteiger partial charge in [-0.3, -0.25) is 4.90 Å². The van der Waals surface area contributed by atoms with E-state index in [0.717, 1.165) is 37.9 Å². The Balaban J connectivity index is 2.13. The van der Waals surface area contributed by atoms with Gasteiger partial charge in [-0.2, -0.15) is 0 Å². The summed E-state index contributed by atoms with van der Waals surface area (Å²) in [7, 11) is 0. The minimum atomic E-state index is 0.323. The number of rotatable bonds is 5. The number of likely N-dealkylation sites (tertiary alicyclic amines) is 1. The van der Waals surface area contributed by atoms with Crippen molar-refractivity contribution < 1.29 is 0 Å². The topological polar surface area (TPSA) is 47.1 Å². The summed E-state index contributed by atoms with van der Waals surface area (Å²) in [5, 5.41) is 0. The van der Waals surface area contributed by atoms with E-state index in [2.05, 4.69) is 35.2 Å². The fraction of sp³-hybridized carbons (Fsp3) is 0.800. The highest BCUT2D eigenvalue weighted by Gasteiger charge is 2.29. The number of aromatic nitrogens is 2. The molecule has 1 saturated heterocycles. The fourth-order valence-corrected chi connectivity index (χ4v) is 3.07. The van der Waals surface area contributed by atoms with Gasteiger partial charge in [0.15, 0.2) is 0 Å². The summed E-state index contributed by atoms with van der Waals surface area (Å²) < 4.78 is 2.26. The van der Waals surface area contributed by atoms with Gasteiger partial charge >= 0.3 is 0 Å². The minimum absolute atomic E-state index is 0.323. The first-order chi connectivity index (χ1) is 9.17. The van der Waals surface area contributed by atoms with E-state index in [4.69, 9.17) is 5.73 Å². The number of hydrogen-bond donors (Lipinski definition) is 1. The Kier molecular flexibility index (Phi) is 4.99. The molecule has 2 heterocycles. The molecule has 2 rings (SSSR count). The maximum atomic E-state index is 6.06. The molecule has 0 spiro atoms. The molecular weight excluding hydrogens is 236 g/mol. The summed E-state index contributed by atoms with van der Waals surface area (Å²) >= 11 is 0. The zero-order valence-corrected chi connectivity index (χ0v) is 12.5. The smallest absolute Gasteiger partial charge is 0.0948 e. The second-order valence-electron chi connectivity index (χ2n) is 6.00. The largest absolute Gasteiger partial charge is 0.333 e. The fourth-order valence-electron chi connectivity index (χ4n) is 3.07. The van der Waals surface area contributed by atoms with Crippen LogP contribution in [0.15, 0.2) is 12.5 Å². The van der Waals surface area contributed by atoms with Crippen LogP contribution in [0.5, 0.6) is 0 Å². The second kappa shape index (κ2) is 6.53. The molecule has 19 heavy (non-hydrogen) atoms. The van der Waals surface area contributed by atoms with E-state index in [1.165, 1.54) is 12.1 Å². The summed E-state index contributed by atoms with van der Waals surface area (Å²) in [5.41, 5.74) is 7.34. The van der Waals surface area contributed by atoms with Gasteiger partial charge in [-0.25, -0.2) is 4.98 Å². The summed E-state index contributed by atoms with van der Waals surface area (Å²) in [5.74, 6) is 1.58. The predicted molar refractivity (Wildman–Crippen MR) is 78.8 cm³/mol. The number of nitrogens with two attached hydrogens (primary N) is 1. The number of imidazole rings is 1. The summed E-state index contributed by atoms with van der Waals surface area (Å²) in [6, 6.07) is 0.323. The molecule has 0 saturated carbocycles. The summed E-state index contributed by atoms with van der Waals surface area (Å²) in [4.78, 5) is 6.87. The van der Waals surface area contributed by atoms with Crippen LogP contribution in [0.2, 0.25) is 0 Å². The molecule has 0 radical (unpaired) electrons. The average Bonchev–Trinajstić information content (AvgIpc) is 2.83. The first-order valence-corrected chi connectivity index (χ1v) is 7.61. The van der Waals surface area contributed by atoms with E-state index in [9.17, 15) is 0 Å². The SMILES string of the molecule is CCCn1cncc1C(CN)N1CCC(C)C(C)C1. The quantitative estimate of drug-likeness (QED) is 0.887. The molecule has 0 aliphatic carbocycles. The Hall–Kier alpha value is -0.870. The number of hydrogen-bond acceptors (Lipinski definition) is 3. The Bertz CT molecular complexity index is 387. The molecule has 1 aromatic rings. The van der Waals surface area contributed by atoms with Gasteiger partial charge in [0.05, 0.1) is 18.1 Å². The van der Waals surface area contributed by atoms with Crippen molar-refractivity contribution in [3.8, 4) is 0 Å². The lowest BCUT2D eigenvalue weighted by atomic mass is 9.87. The first-order valence-electron chi connectivity index (χ1n) is 7.61. The van der Waals surface area contributed by atoms with Crippen LogP contribution in [0.1, 0.15) is 45.3 Å². The van der Waals surface area contributed by atoms with Gasteiger partial charge in [0.1, 0.15) is 0 Å². The van der Waals surface area contributed by atoms with Crippen molar-refractivity contribution >= 4 is 0 Å². The summed E-state index contributed by atoms with van der Waals surface area (Å²) in [6.45, 7) is 10.9. The van der Waals surface area contributed by atoms with E-state index in [1.54, 1.807) is 0 Å². The van der Waals surface area contributed by atoms with Crippen LogP contribution >= 0.6 is 0 Å². The van der Waals surface area contributed by atoms with Crippen LogP contribution in [0.25, 0.3) is 0 Å². The third-order valence-electron chi connectivity index (χ3n) is 4.58. The lowest BCUT2D eigenvalue weighted by Crippen LogP contribution is -2.43. The molecule has 0 aromatic carbocycles. The lowest BCUT2D eigenvalue weighted by Gasteiger charge is -2.40. The number of piperidine rings is 1. The van der Waals surface area contributed by atoms with Crippen LogP contribution < -0.4 is 5.73 Å². The molecule has 1 aliphatic heterocycles. The molecule has 1 aromatic heterocycles. The van der Waals surface area contributed by atoms with E-state index in [-0.39, 0.29) is 0 Å². The van der Waals surface area contributed by atoms with E-state index >= 15 is 0 Å². The second-order valence-corrected chi connectivity index (χ2v) is 6.00. The van der Waals surface area contributed by atoms with Crippen LogP contribution in [0.3, 0.4) is 0 Å². The average molecular weight is 264 g/mol. The molecule has 108 valence electrons. The standard InChI is InChI=1S/C15H28N4/c1-4-6-19-11-17-9-15(19)14(8-16)18-7-5-12(2)13(3)10-18/h9,11-14H,4-8,10,16H2,1-3H3. The van der Waals surface area contributed by atoms with Crippen molar-refractivity contribution in [2.45, 2.75) is 46.2 Å². The van der Waals surface area contributed by atoms with E-state index < -0.39 is 0 Å². The van der Waals surface area contributed by atoms with Crippen molar-refractivity contribution in [2.24, 2.45) is 17.6 Å². The zero-order chi connectivity index (χ0) is 13.8. The van der Waals surface area contributed by atoms with Gasteiger partial charge in [-0.1, -0.05) is 20.8 Å². The van der Waals surface area contributed by atoms with Crippen LogP contribution in [0.4, 0.5) is 0 Å². The molecule has 1 fully saturated rings. The molecule has 2 N–H and O–H groups in total. The Morgan fingerprint density at radius 3 is 2.84 bits per heavy atom. The molecule has 3 unspecified atom stereocenters. The van der Waals surface area contributed by atoms with Crippen LogP contribution in [0, 0.1) is 11.8 Å². The highest BCUT2D eigenvalue weighted by molar-refractivity contribution is 5.07. The zero-order valence-electron chi connectivity index (χ0n) is 12.5. The van der Waals surface area contributed by atoms with Gasteiger partial charge in [0, 0.05) is 25.8 Å². The predicted octanol–water partition coefficient (Wildman–Crippen LogP) is 2.27. The van der Waals surface area contributed by atoms with Crippen molar-refractivity contribution in [1.29, 1.82) is 0 Å². The Labute approximate surface area is 117 Å². The van der Waals surface area contributed by atoms with Gasteiger partial charge in [-0.05, 0) is 31.2 Å². The minimum Gasteiger partial charge on any atom is -0.333 e. The molecule has 1 aliphatic rings. The van der Waals surface area contributed by atoms with Gasteiger partial charge < -0.3 is 10.3 Å². The van der Waals surface area contributed by atoms with Crippen LogP contribution in [-0.4, -0.2) is 34.1 Å². The molecule has 0 amide bonds. The maximum Gasteiger partial charge on any atom is 0.0948 e. The van der Waals surface area contributed by atoms with Gasteiger partial charge in [0.25, 0.3) is 0 Å². The third-order valence-corrected chi connectivity index (χ3v) is 4.58. The molecule has 3 atom stereocenters. The number of nitrogens with zero attached hydrogens (tertiary/aromatic N) is 3. The first kappa shape index (κ1) is 14.5. The van der Waals surface area contributed by atoms with Crippen molar-refractivity contribution in [2.75, 3.05) is 19.6 Å². The Morgan fingerprint density at radius 2 is 2.21 bits per heavy atom. The van der Waals surface area contributed by atoms with E-state index in [0.29, 0.717) is 12.6 Å². The molecule has 4 heteroatoms. The van der Waals surface area contributed by atoms with Crippen LogP contribution in [-0.2, 0) is 6.54 Å². The van der Waals surface area contributed by atoms with Crippen molar-refractivity contribution in [1.82, 2.24) is 14.5 Å². The van der Waals surface area contributed by atoms with Crippen molar-refractivity contribution in [3.63, 3.8) is 0 Å². The third kappa shape index (κ3) is 3.18. The molecule has 4 nitrogen and oxygen atoms in total. The molecular formula is C15H28N4.